The second-order valence-corrected chi connectivity index (χ2v) is 8.02. The van der Waals surface area contributed by atoms with Gasteiger partial charge >= 0.3 is 5.97 Å². The van der Waals surface area contributed by atoms with Gasteiger partial charge in [0.2, 0.25) is 5.91 Å². The number of pyridine rings is 1. The highest BCUT2D eigenvalue weighted by atomic mass is 16.4. The van der Waals surface area contributed by atoms with Gasteiger partial charge in [0.25, 0.3) is 0 Å². The van der Waals surface area contributed by atoms with Gasteiger partial charge in [0.05, 0.1) is 23.1 Å². The van der Waals surface area contributed by atoms with E-state index >= 15 is 0 Å². The van der Waals surface area contributed by atoms with Crippen molar-refractivity contribution in [1.82, 2.24) is 19.9 Å². The summed E-state index contributed by atoms with van der Waals surface area (Å²) >= 11 is 0. The van der Waals surface area contributed by atoms with Crippen LogP contribution in [0.1, 0.15) is 43.2 Å². The average molecular weight is 368 g/mol. The quantitative estimate of drug-likeness (QED) is 0.891. The minimum atomic E-state index is -1.02. The van der Waals surface area contributed by atoms with Crippen LogP contribution in [0.5, 0.6) is 0 Å². The first-order valence-corrected chi connectivity index (χ1v) is 9.03. The minimum Gasteiger partial charge on any atom is -0.478 e. The number of rotatable bonds is 4. The maximum Gasteiger partial charge on any atom is 0.337 e. The molecule has 0 bridgehead atoms. The van der Waals surface area contributed by atoms with Gasteiger partial charge in [0, 0.05) is 42.7 Å². The summed E-state index contributed by atoms with van der Waals surface area (Å²) in [6, 6.07) is 1.54. The van der Waals surface area contributed by atoms with Crippen LogP contribution >= 0.6 is 0 Å². The molecular formula is C20H24N4O3. The molecule has 0 aliphatic carbocycles. The predicted molar refractivity (Wildman–Crippen MR) is 100 cm³/mol. The van der Waals surface area contributed by atoms with E-state index in [1.54, 1.807) is 24.7 Å². The number of aromatic nitrogens is 3. The molecule has 1 aliphatic heterocycles. The van der Waals surface area contributed by atoms with E-state index < -0.39 is 5.97 Å². The number of likely N-dealkylation sites (tertiary alicyclic amines) is 1. The molecule has 7 heteroatoms. The van der Waals surface area contributed by atoms with Crippen molar-refractivity contribution in [3.8, 4) is 11.3 Å². The maximum atomic E-state index is 12.4. The molecule has 1 saturated heterocycles. The van der Waals surface area contributed by atoms with Crippen LogP contribution in [-0.2, 0) is 11.2 Å². The fraction of sp³-hybridized carbons (Fsp3) is 0.450. The molecule has 1 N–H and O–H groups in total. The summed E-state index contributed by atoms with van der Waals surface area (Å²) in [5.41, 5.74) is 1.82. The van der Waals surface area contributed by atoms with E-state index in [-0.39, 0.29) is 16.9 Å². The van der Waals surface area contributed by atoms with Crippen LogP contribution in [0.2, 0.25) is 0 Å². The largest absolute Gasteiger partial charge is 0.478 e. The van der Waals surface area contributed by atoms with Gasteiger partial charge in [0.1, 0.15) is 0 Å². The number of carboxylic acids is 1. The first kappa shape index (κ1) is 18.9. The third-order valence-electron chi connectivity index (χ3n) is 4.68. The summed E-state index contributed by atoms with van der Waals surface area (Å²) in [6.07, 6.45) is 7.91. The fourth-order valence-electron chi connectivity index (χ4n) is 3.29. The van der Waals surface area contributed by atoms with Gasteiger partial charge in [-0.2, -0.15) is 0 Å². The highest BCUT2D eigenvalue weighted by molar-refractivity contribution is 5.88. The maximum absolute atomic E-state index is 12.4. The number of carbonyl (C=O) groups excluding carboxylic acids is 1. The summed E-state index contributed by atoms with van der Waals surface area (Å²) < 4.78 is 0. The Hall–Kier alpha value is -2.83. The highest BCUT2D eigenvalue weighted by Gasteiger charge is 2.32. The fourth-order valence-corrected chi connectivity index (χ4v) is 3.29. The van der Waals surface area contributed by atoms with Crippen LogP contribution < -0.4 is 0 Å². The number of hydrogen-bond donors (Lipinski definition) is 1. The standard InChI is InChI=1S/C20H24N4O3/c1-20(2,3)19(27)24-5-4-13(12-24)6-16-10-22-11-17(23-16)14-7-15(18(25)26)9-21-8-14/h7-11,13H,4-6,12H2,1-3H3,(H,25,26)/t13-/m0/s1. The van der Waals surface area contributed by atoms with Gasteiger partial charge < -0.3 is 10.0 Å². The zero-order valence-corrected chi connectivity index (χ0v) is 15.8. The molecule has 0 unspecified atom stereocenters. The van der Waals surface area contributed by atoms with Crippen molar-refractivity contribution in [3.05, 3.63) is 42.1 Å². The lowest BCUT2D eigenvalue weighted by Crippen LogP contribution is -2.38. The molecule has 7 nitrogen and oxygen atoms in total. The van der Waals surface area contributed by atoms with E-state index in [0.29, 0.717) is 17.2 Å². The third-order valence-corrected chi connectivity index (χ3v) is 4.68. The number of nitrogens with zero attached hydrogens (tertiary/aromatic N) is 4. The van der Waals surface area contributed by atoms with Crippen molar-refractivity contribution in [2.45, 2.75) is 33.6 Å². The lowest BCUT2D eigenvalue weighted by atomic mass is 9.95. The van der Waals surface area contributed by atoms with Crippen LogP contribution in [0.15, 0.2) is 30.9 Å². The molecule has 27 heavy (non-hydrogen) atoms. The van der Waals surface area contributed by atoms with Gasteiger partial charge in [-0.3, -0.25) is 14.8 Å². The Morgan fingerprint density at radius 1 is 1.19 bits per heavy atom. The molecule has 2 aromatic heterocycles. The molecule has 3 heterocycles. The number of hydrogen-bond acceptors (Lipinski definition) is 5. The predicted octanol–water partition coefficient (Wildman–Crippen LogP) is 2.67. The summed E-state index contributed by atoms with van der Waals surface area (Å²) in [6.45, 7) is 7.33. The Morgan fingerprint density at radius 3 is 2.63 bits per heavy atom. The van der Waals surface area contributed by atoms with Crippen LogP contribution in [0.4, 0.5) is 0 Å². The van der Waals surface area contributed by atoms with Gasteiger partial charge in [0.15, 0.2) is 0 Å². The first-order chi connectivity index (χ1) is 12.7. The number of carbonyl (C=O) groups is 2. The van der Waals surface area contributed by atoms with Crippen LogP contribution in [0.25, 0.3) is 11.3 Å². The molecule has 0 aromatic carbocycles. The molecule has 2 aromatic rings. The SMILES string of the molecule is CC(C)(C)C(=O)N1CC[C@@H](Cc2cncc(-c3cncc(C(=O)O)c3)n2)C1. The molecule has 0 spiro atoms. The van der Waals surface area contributed by atoms with Crippen LogP contribution in [-0.4, -0.2) is 49.9 Å². The Kier molecular flexibility index (Phi) is 5.21. The Bertz CT molecular complexity index is 860. The highest BCUT2D eigenvalue weighted by Crippen LogP contribution is 2.26. The summed E-state index contributed by atoms with van der Waals surface area (Å²) in [4.78, 5) is 38.4. The van der Waals surface area contributed by atoms with Gasteiger partial charge in [-0.1, -0.05) is 20.8 Å². The second-order valence-electron chi connectivity index (χ2n) is 8.02. The zero-order chi connectivity index (χ0) is 19.6. The molecule has 1 amide bonds. The van der Waals surface area contributed by atoms with Gasteiger partial charge in [-0.15, -0.1) is 0 Å². The molecule has 3 rings (SSSR count). The van der Waals surface area contributed by atoms with Crippen molar-refractivity contribution < 1.29 is 14.7 Å². The van der Waals surface area contributed by atoms with E-state index in [4.69, 9.17) is 5.11 Å². The van der Waals surface area contributed by atoms with E-state index in [0.717, 1.165) is 31.6 Å². The summed E-state index contributed by atoms with van der Waals surface area (Å²) in [5, 5.41) is 9.12. The van der Waals surface area contributed by atoms with Crippen LogP contribution in [0, 0.1) is 11.3 Å². The van der Waals surface area contributed by atoms with Gasteiger partial charge in [-0.05, 0) is 24.8 Å². The lowest BCUT2D eigenvalue weighted by molar-refractivity contribution is -0.138. The summed E-state index contributed by atoms with van der Waals surface area (Å²) in [5.74, 6) is -0.492. The molecule has 1 atom stereocenters. The number of carboxylic acid groups (broad SMARTS) is 1. The minimum absolute atomic E-state index is 0.117. The third kappa shape index (κ3) is 4.48. The zero-order valence-electron chi connectivity index (χ0n) is 15.8. The van der Waals surface area contributed by atoms with E-state index in [9.17, 15) is 9.59 Å². The lowest BCUT2D eigenvalue weighted by Gasteiger charge is -2.25. The van der Waals surface area contributed by atoms with Crippen molar-refractivity contribution >= 4 is 11.9 Å². The molecule has 142 valence electrons. The molecule has 1 fully saturated rings. The van der Waals surface area contributed by atoms with Crippen LogP contribution in [0.3, 0.4) is 0 Å². The normalized spacial score (nSPS) is 17.1. The van der Waals surface area contributed by atoms with E-state index in [1.807, 2.05) is 25.7 Å². The average Bonchev–Trinajstić information content (AvgIpc) is 3.09. The topological polar surface area (TPSA) is 96.3 Å². The van der Waals surface area contributed by atoms with Crippen molar-refractivity contribution in [1.29, 1.82) is 0 Å². The van der Waals surface area contributed by atoms with E-state index in [1.165, 1.54) is 6.20 Å². The van der Waals surface area contributed by atoms with Crippen molar-refractivity contribution in [2.75, 3.05) is 13.1 Å². The Labute approximate surface area is 158 Å². The monoisotopic (exact) mass is 368 g/mol. The second kappa shape index (κ2) is 7.42. The molecule has 0 saturated carbocycles. The summed E-state index contributed by atoms with van der Waals surface area (Å²) in [7, 11) is 0. The molecular weight excluding hydrogens is 344 g/mol. The Morgan fingerprint density at radius 2 is 1.93 bits per heavy atom. The Balaban J connectivity index is 1.71. The number of amides is 1. The van der Waals surface area contributed by atoms with Crippen molar-refractivity contribution in [2.24, 2.45) is 11.3 Å². The first-order valence-electron chi connectivity index (χ1n) is 9.03. The molecule has 1 aliphatic rings. The van der Waals surface area contributed by atoms with E-state index in [2.05, 4.69) is 15.0 Å². The smallest absolute Gasteiger partial charge is 0.337 e. The van der Waals surface area contributed by atoms with Crippen molar-refractivity contribution in [3.63, 3.8) is 0 Å². The number of aromatic carboxylic acids is 1. The van der Waals surface area contributed by atoms with Gasteiger partial charge in [-0.25, -0.2) is 9.78 Å². The molecule has 0 radical (unpaired) electrons.